The molecule has 25 heavy (non-hydrogen) atoms. The molecule has 0 saturated carbocycles. The third-order valence-corrected chi connectivity index (χ3v) is 3.32. The zero-order valence-corrected chi connectivity index (χ0v) is 13.0. The average molecular weight is 342 g/mol. The summed E-state index contributed by atoms with van der Waals surface area (Å²) in [5.74, 6) is -2.75. The summed E-state index contributed by atoms with van der Waals surface area (Å²) in [6, 6.07) is 9.58. The normalized spacial score (nSPS) is 15.1. The SMILES string of the molecule is CC(=O)Nc1ccc(/C=C2\N=C(c3ccc(F)cc3F)OC2=O)cc1. The molecule has 1 heterocycles. The van der Waals surface area contributed by atoms with Gasteiger partial charge in [-0.2, -0.15) is 0 Å². The van der Waals surface area contributed by atoms with Crippen molar-refractivity contribution in [3.05, 3.63) is 70.9 Å². The van der Waals surface area contributed by atoms with Crippen molar-refractivity contribution in [3.8, 4) is 0 Å². The minimum Gasteiger partial charge on any atom is -0.402 e. The molecule has 5 nitrogen and oxygen atoms in total. The first kappa shape index (κ1) is 16.5. The number of hydrogen-bond acceptors (Lipinski definition) is 4. The number of anilines is 1. The summed E-state index contributed by atoms with van der Waals surface area (Å²) in [5.41, 5.74) is 1.15. The third-order valence-electron chi connectivity index (χ3n) is 3.32. The van der Waals surface area contributed by atoms with Gasteiger partial charge in [-0.15, -0.1) is 0 Å². The van der Waals surface area contributed by atoms with Gasteiger partial charge in [0.2, 0.25) is 11.8 Å². The first-order chi connectivity index (χ1) is 11.9. The molecule has 0 spiro atoms. The van der Waals surface area contributed by atoms with Gasteiger partial charge in [0.1, 0.15) is 11.6 Å². The molecule has 0 fully saturated rings. The Kier molecular flexibility index (Phi) is 4.38. The van der Waals surface area contributed by atoms with Crippen LogP contribution in [0.5, 0.6) is 0 Å². The van der Waals surface area contributed by atoms with Crippen molar-refractivity contribution in [1.82, 2.24) is 0 Å². The van der Waals surface area contributed by atoms with Gasteiger partial charge in [0, 0.05) is 18.7 Å². The van der Waals surface area contributed by atoms with Crippen LogP contribution in [0.2, 0.25) is 0 Å². The molecule has 0 aromatic heterocycles. The number of carbonyl (C=O) groups is 2. The lowest BCUT2D eigenvalue weighted by molar-refractivity contribution is -0.130. The van der Waals surface area contributed by atoms with E-state index < -0.39 is 17.6 Å². The van der Waals surface area contributed by atoms with Crippen LogP contribution in [0.1, 0.15) is 18.1 Å². The molecule has 1 aliphatic heterocycles. The first-order valence-electron chi connectivity index (χ1n) is 7.28. The van der Waals surface area contributed by atoms with E-state index >= 15 is 0 Å². The van der Waals surface area contributed by atoms with Gasteiger partial charge in [-0.25, -0.2) is 18.6 Å². The predicted molar refractivity (Wildman–Crippen MR) is 87.7 cm³/mol. The maximum Gasteiger partial charge on any atom is 0.363 e. The molecule has 2 aromatic rings. The molecule has 1 aliphatic rings. The Morgan fingerprint density at radius 3 is 2.52 bits per heavy atom. The number of aliphatic imine (C=N–C) groups is 1. The first-order valence-corrected chi connectivity index (χ1v) is 7.28. The van der Waals surface area contributed by atoms with Crippen molar-refractivity contribution >= 4 is 29.5 Å². The van der Waals surface area contributed by atoms with Gasteiger partial charge in [0.15, 0.2) is 5.70 Å². The highest BCUT2D eigenvalue weighted by Gasteiger charge is 2.26. The second kappa shape index (κ2) is 6.64. The molecule has 1 amide bonds. The van der Waals surface area contributed by atoms with Crippen molar-refractivity contribution < 1.29 is 23.1 Å². The van der Waals surface area contributed by atoms with E-state index in [1.54, 1.807) is 24.3 Å². The Morgan fingerprint density at radius 2 is 1.88 bits per heavy atom. The Balaban J connectivity index is 1.86. The van der Waals surface area contributed by atoms with Crippen molar-refractivity contribution in [1.29, 1.82) is 0 Å². The Hall–Kier alpha value is -3.35. The van der Waals surface area contributed by atoms with E-state index in [0.29, 0.717) is 17.3 Å². The number of halogens is 2. The van der Waals surface area contributed by atoms with Gasteiger partial charge in [-0.1, -0.05) is 12.1 Å². The van der Waals surface area contributed by atoms with Crippen LogP contribution in [0, 0.1) is 11.6 Å². The van der Waals surface area contributed by atoms with Crippen molar-refractivity contribution in [2.45, 2.75) is 6.92 Å². The lowest BCUT2D eigenvalue weighted by Gasteiger charge is -2.01. The zero-order chi connectivity index (χ0) is 18.0. The highest BCUT2D eigenvalue weighted by atomic mass is 19.1. The smallest absolute Gasteiger partial charge is 0.363 e. The third kappa shape index (κ3) is 3.77. The molecule has 7 heteroatoms. The van der Waals surface area contributed by atoms with Crippen molar-refractivity contribution in [2.75, 3.05) is 5.32 Å². The van der Waals surface area contributed by atoms with Gasteiger partial charge in [-0.3, -0.25) is 4.79 Å². The largest absolute Gasteiger partial charge is 0.402 e. The topological polar surface area (TPSA) is 67.8 Å². The Labute approximate surface area is 141 Å². The number of carbonyl (C=O) groups excluding carboxylic acids is 2. The van der Waals surface area contributed by atoms with E-state index in [1.807, 2.05) is 0 Å². The van der Waals surface area contributed by atoms with Crippen molar-refractivity contribution in [2.24, 2.45) is 4.99 Å². The molecule has 0 unspecified atom stereocenters. The molecule has 126 valence electrons. The molecular weight excluding hydrogens is 330 g/mol. The number of rotatable bonds is 3. The molecule has 0 saturated heterocycles. The Morgan fingerprint density at radius 1 is 1.16 bits per heavy atom. The summed E-state index contributed by atoms with van der Waals surface area (Å²) in [6.07, 6.45) is 1.47. The summed E-state index contributed by atoms with van der Waals surface area (Å²) in [5, 5.41) is 2.62. The number of esters is 1. The molecule has 3 rings (SSSR count). The predicted octanol–water partition coefficient (Wildman–Crippen LogP) is 3.27. The van der Waals surface area contributed by atoms with Crippen LogP contribution in [-0.4, -0.2) is 17.8 Å². The highest BCUT2D eigenvalue weighted by molar-refractivity contribution is 6.13. The number of hydrogen-bond donors (Lipinski definition) is 1. The van der Waals surface area contributed by atoms with Crippen LogP contribution >= 0.6 is 0 Å². The fourth-order valence-electron chi connectivity index (χ4n) is 2.21. The summed E-state index contributed by atoms with van der Waals surface area (Å²) in [7, 11) is 0. The number of cyclic esters (lactones) is 1. The number of benzene rings is 2. The number of amides is 1. The van der Waals surface area contributed by atoms with Crippen molar-refractivity contribution in [3.63, 3.8) is 0 Å². The number of ether oxygens (including phenoxy) is 1. The molecule has 0 aliphatic carbocycles. The monoisotopic (exact) mass is 342 g/mol. The van der Waals surface area contributed by atoms with E-state index in [0.717, 1.165) is 12.1 Å². The quantitative estimate of drug-likeness (QED) is 0.688. The highest BCUT2D eigenvalue weighted by Crippen LogP contribution is 2.21. The number of nitrogens with one attached hydrogen (secondary N) is 1. The lowest BCUT2D eigenvalue weighted by atomic mass is 10.1. The van der Waals surface area contributed by atoms with E-state index in [9.17, 15) is 18.4 Å². The lowest BCUT2D eigenvalue weighted by Crippen LogP contribution is -2.07. The minimum atomic E-state index is -0.868. The van der Waals surface area contributed by atoms with Crippen LogP contribution in [-0.2, 0) is 14.3 Å². The van der Waals surface area contributed by atoms with Gasteiger partial charge in [0.05, 0.1) is 5.56 Å². The average Bonchev–Trinajstić information content (AvgIpc) is 2.89. The second-order valence-corrected chi connectivity index (χ2v) is 5.26. The standard InChI is InChI=1S/C18H12F2N2O3/c1-10(23)21-13-5-2-11(3-6-13)8-16-18(24)25-17(22-16)14-7-4-12(19)9-15(14)20/h2-9H,1H3,(H,21,23)/b16-8-. The van der Waals surface area contributed by atoms with E-state index in [1.165, 1.54) is 13.0 Å². The van der Waals surface area contributed by atoms with Crippen LogP contribution in [0.3, 0.4) is 0 Å². The maximum absolute atomic E-state index is 13.8. The van der Waals surface area contributed by atoms with Crippen LogP contribution < -0.4 is 5.32 Å². The molecular formula is C18H12F2N2O3. The van der Waals surface area contributed by atoms with Crippen LogP contribution in [0.4, 0.5) is 14.5 Å². The molecule has 0 bridgehead atoms. The summed E-state index contributed by atoms with van der Waals surface area (Å²) < 4.78 is 31.7. The van der Waals surface area contributed by atoms with E-state index in [4.69, 9.17) is 4.74 Å². The second-order valence-electron chi connectivity index (χ2n) is 5.26. The molecule has 0 radical (unpaired) electrons. The van der Waals surface area contributed by atoms with Crippen LogP contribution in [0.15, 0.2) is 53.2 Å². The van der Waals surface area contributed by atoms with E-state index in [2.05, 4.69) is 10.3 Å². The maximum atomic E-state index is 13.8. The fraction of sp³-hybridized carbons (Fsp3) is 0.0556. The molecule has 2 aromatic carbocycles. The summed E-state index contributed by atoms with van der Waals surface area (Å²) in [6.45, 7) is 1.40. The molecule has 0 atom stereocenters. The number of nitrogens with zero attached hydrogens (tertiary/aromatic N) is 1. The minimum absolute atomic E-state index is 0.00833. The molecule has 1 N–H and O–H groups in total. The van der Waals surface area contributed by atoms with Gasteiger partial charge >= 0.3 is 5.97 Å². The van der Waals surface area contributed by atoms with Gasteiger partial charge in [-0.05, 0) is 35.9 Å². The Bertz CT molecular complexity index is 918. The van der Waals surface area contributed by atoms with Gasteiger partial charge < -0.3 is 10.1 Å². The summed E-state index contributed by atoms with van der Waals surface area (Å²) >= 11 is 0. The fourth-order valence-corrected chi connectivity index (χ4v) is 2.21. The summed E-state index contributed by atoms with van der Waals surface area (Å²) in [4.78, 5) is 26.8. The van der Waals surface area contributed by atoms with E-state index in [-0.39, 0.29) is 23.1 Å². The van der Waals surface area contributed by atoms with Crippen LogP contribution in [0.25, 0.3) is 6.08 Å². The van der Waals surface area contributed by atoms with Gasteiger partial charge in [0.25, 0.3) is 0 Å². The zero-order valence-electron chi connectivity index (χ0n) is 13.0.